The number of rotatable bonds is 6. The number of ether oxygens (including phenoxy) is 1. The lowest BCUT2D eigenvalue weighted by Gasteiger charge is -2.33. The van der Waals surface area contributed by atoms with Crippen molar-refractivity contribution in [2.75, 3.05) is 19.6 Å². The van der Waals surface area contributed by atoms with Crippen LogP contribution in [0.5, 0.6) is 0 Å². The summed E-state index contributed by atoms with van der Waals surface area (Å²) in [6.07, 6.45) is 7.04. The maximum absolute atomic E-state index is 6.37. The summed E-state index contributed by atoms with van der Waals surface area (Å²) in [5.41, 5.74) is 2.82. The molecule has 174 valence electrons. The van der Waals surface area contributed by atoms with E-state index in [2.05, 4.69) is 72.5 Å². The van der Waals surface area contributed by atoms with Crippen molar-refractivity contribution in [3.63, 3.8) is 0 Å². The van der Waals surface area contributed by atoms with Gasteiger partial charge in [-0.1, -0.05) is 97.1 Å². The zero-order valence-electron chi connectivity index (χ0n) is 20.1. The van der Waals surface area contributed by atoms with E-state index < -0.39 is 0 Å². The zero-order valence-corrected chi connectivity index (χ0v) is 20.1. The third-order valence-electron chi connectivity index (χ3n) is 7.20. The summed E-state index contributed by atoms with van der Waals surface area (Å²) >= 11 is 0. The van der Waals surface area contributed by atoms with E-state index >= 15 is 0 Å². The number of nitrogens with zero attached hydrogens (tertiary/aromatic N) is 1. The third-order valence-corrected chi connectivity index (χ3v) is 7.20. The second kappa shape index (κ2) is 12.7. The highest BCUT2D eigenvalue weighted by molar-refractivity contribution is 5.20. The predicted molar refractivity (Wildman–Crippen MR) is 138 cm³/mol. The van der Waals surface area contributed by atoms with E-state index in [1.165, 1.54) is 62.9 Å². The summed E-state index contributed by atoms with van der Waals surface area (Å²) in [6.45, 7) is 5.96. The molecule has 1 aliphatic carbocycles. The Bertz CT molecular complexity index is 863. The lowest BCUT2D eigenvalue weighted by molar-refractivity contribution is -0.00212. The van der Waals surface area contributed by atoms with E-state index in [4.69, 9.17) is 4.74 Å². The Labute approximate surface area is 200 Å². The van der Waals surface area contributed by atoms with Gasteiger partial charge >= 0.3 is 0 Å². The molecular formula is C31H39NO. The molecule has 33 heavy (non-hydrogen) atoms. The number of hydrogen-bond acceptors (Lipinski definition) is 2. The van der Waals surface area contributed by atoms with Crippen molar-refractivity contribution in [1.29, 1.82) is 0 Å². The monoisotopic (exact) mass is 441 g/mol. The first-order valence-corrected chi connectivity index (χ1v) is 12.8. The fourth-order valence-corrected chi connectivity index (χ4v) is 5.33. The average molecular weight is 442 g/mol. The van der Waals surface area contributed by atoms with Crippen molar-refractivity contribution in [2.45, 2.75) is 57.2 Å². The summed E-state index contributed by atoms with van der Waals surface area (Å²) < 4.78 is 6.37. The van der Waals surface area contributed by atoms with E-state index in [9.17, 15) is 0 Å². The van der Waals surface area contributed by atoms with Gasteiger partial charge in [0.1, 0.15) is 0 Å². The smallest absolute Gasteiger partial charge is 0.0800 e. The Kier molecular flexibility index (Phi) is 9.15. The molecule has 2 fully saturated rings. The molecule has 1 saturated carbocycles. The van der Waals surface area contributed by atoms with Crippen LogP contribution in [0.1, 0.15) is 62.2 Å². The van der Waals surface area contributed by atoms with Gasteiger partial charge in [-0.15, -0.1) is 0 Å². The Morgan fingerprint density at radius 3 is 1.88 bits per heavy atom. The predicted octanol–water partition coefficient (Wildman–Crippen LogP) is 7.50. The van der Waals surface area contributed by atoms with Gasteiger partial charge < -0.3 is 9.64 Å². The summed E-state index contributed by atoms with van der Waals surface area (Å²) in [5.74, 6) is 1.57. The third kappa shape index (κ3) is 7.55. The van der Waals surface area contributed by atoms with Crippen LogP contribution < -0.4 is 0 Å². The molecule has 2 aliphatic rings. The summed E-state index contributed by atoms with van der Waals surface area (Å²) in [5, 5.41) is 0. The van der Waals surface area contributed by atoms with Gasteiger partial charge in [0, 0.05) is 6.54 Å². The second-order valence-electron chi connectivity index (χ2n) is 9.63. The molecule has 3 aromatic rings. The quantitative estimate of drug-likeness (QED) is 0.393. The van der Waals surface area contributed by atoms with Gasteiger partial charge in [-0.05, 0) is 75.1 Å². The van der Waals surface area contributed by atoms with Crippen molar-refractivity contribution < 1.29 is 4.74 Å². The van der Waals surface area contributed by atoms with Gasteiger partial charge in [-0.2, -0.15) is 0 Å². The molecule has 0 amide bonds. The fourth-order valence-electron chi connectivity index (χ4n) is 5.33. The first kappa shape index (κ1) is 23.7. The largest absolute Gasteiger partial charge is 0.371 e. The molecule has 0 N–H and O–H groups in total. The van der Waals surface area contributed by atoms with Crippen molar-refractivity contribution >= 4 is 0 Å². The Morgan fingerprint density at radius 2 is 1.27 bits per heavy atom. The zero-order chi connectivity index (χ0) is 22.7. The molecule has 1 saturated heterocycles. The van der Waals surface area contributed by atoms with Crippen LogP contribution in [0, 0.1) is 5.92 Å². The summed E-state index contributed by atoms with van der Waals surface area (Å²) in [7, 11) is 0. The molecule has 3 unspecified atom stereocenters. The highest BCUT2D eigenvalue weighted by atomic mass is 16.5. The van der Waals surface area contributed by atoms with Crippen LogP contribution in [0.3, 0.4) is 0 Å². The maximum atomic E-state index is 6.37. The molecule has 0 radical (unpaired) electrons. The molecular weight excluding hydrogens is 402 g/mol. The molecule has 1 aliphatic heterocycles. The number of hydrogen-bond donors (Lipinski definition) is 0. The van der Waals surface area contributed by atoms with E-state index in [-0.39, 0.29) is 6.10 Å². The minimum Gasteiger partial charge on any atom is -0.371 e. The Balaban J connectivity index is 0.000000376. The minimum atomic E-state index is 0.205. The Hall–Kier alpha value is -2.42. The van der Waals surface area contributed by atoms with Crippen molar-refractivity contribution in [3.8, 4) is 0 Å². The molecule has 3 atom stereocenters. The van der Waals surface area contributed by atoms with Gasteiger partial charge in [0.15, 0.2) is 0 Å². The normalized spacial score (nSPS) is 22.3. The Morgan fingerprint density at radius 1 is 0.727 bits per heavy atom. The van der Waals surface area contributed by atoms with Crippen LogP contribution >= 0.6 is 0 Å². The summed E-state index contributed by atoms with van der Waals surface area (Å²) in [4.78, 5) is 2.70. The van der Waals surface area contributed by atoms with Crippen molar-refractivity contribution in [1.82, 2.24) is 4.90 Å². The lowest BCUT2D eigenvalue weighted by Crippen LogP contribution is -2.36. The molecule has 0 bridgehead atoms. The minimum absolute atomic E-state index is 0.205. The van der Waals surface area contributed by atoms with Crippen LogP contribution in [0.15, 0.2) is 97.1 Å². The fraction of sp³-hybridized carbons (Fsp3) is 0.419. The highest BCUT2D eigenvalue weighted by Gasteiger charge is 2.29. The highest BCUT2D eigenvalue weighted by Crippen LogP contribution is 2.34. The molecule has 2 nitrogen and oxygen atoms in total. The van der Waals surface area contributed by atoms with E-state index in [1.807, 2.05) is 36.4 Å². The molecule has 0 spiro atoms. The molecule has 0 aromatic heterocycles. The summed E-state index contributed by atoms with van der Waals surface area (Å²) in [6, 6.07) is 33.7. The number of benzene rings is 3. The van der Waals surface area contributed by atoms with Gasteiger partial charge in [-0.25, -0.2) is 0 Å². The second-order valence-corrected chi connectivity index (χ2v) is 9.63. The van der Waals surface area contributed by atoms with E-state index in [0.29, 0.717) is 6.10 Å². The van der Waals surface area contributed by atoms with Crippen molar-refractivity contribution in [2.24, 2.45) is 5.92 Å². The van der Waals surface area contributed by atoms with Crippen LogP contribution in [0.2, 0.25) is 0 Å². The first-order valence-electron chi connectivity index (χ1n) is 12.8. The van der Waals surface area contributed by atoms with Crippen LogP contribution in [-0.2, 0) is 4.74 Å². The molecule has 5 rings (SSSR count). The van der Waals surface area contributed by atoms with E-state index in [0.717, 1.165) is 11.8 Å². The van der Waals surface area contributed by atoms with E-state index in [1.54, 1.807) is 0 Å². The topological polar surface area (TPSA) is 12.5 Å². The number of piperidine rings is 1. The first-order chi connectivity index (χ1) is 16.3. The molecule has 2 heteroatoms. The lowest BCUT2D eigenvalue weighted by atomic mass is 9.89. The van der Waals surface area contributed by atoms with Gasteiger partial charge in [-0.3, -0.25) is 0 Å². The molecule has 1 heterocycles. The van der Waals surface area contributed by atoms with Crippen LogP contribution in [0.25, 0.3) is 0 Å². The standard InChI is InChI=1S/C25H33NO.C6H6/c1-20(22-8-4-2-5-9-22)27-25-13-12-21(18-25)19-26-16-14-24(15-17-26)23-10-6-3-7-11-23;1-2-4-6-5-3-1/h2-11,20-21,24-25H,12-19H2,1H3;1-6H. The van der Waals surface area contributed by atoms with Gasteiger partial charge in [0.05, 0.1) is 12.2 Å². The van der Waals surface area contributed by atoms with Crippen molar-refractivity contribution in [3.05, 3.63) is 108 Å². The average Bonchev–Trinajstić information content (AvgIpc) is 3.33. The SMILES string of the molecule is CC(OC1CCC(CN2CCC(c3ccccc3)CC2)C1)c1ccccc1.c1ccccc1. The van der Waals surface area contributed by atoms with Gasteiger partial charge in [0.25, 0.3) is 0 Å². The van der Waals surface area contributed by atoms with Crippen LogP contribution in [0.4, 0.5) is 0 Å². The maximum Gasteiger partial charge on any atom is 0.0800 e. The van der Waals surface area contributed by atoms with Crippen LogP contribution in [-0.4, -0.2) is 30.6 Å². The number of likely N-dealkylation sites (tertiary alicyclic amines) is 1. The van der Waals surface area contributed by atoms with Gasteiger partial charge in [0.2, 0.25) is 0 Å². The molecule has 3 aromatic carbocycles.